The van der Waals surface area contributed by atoms with Crippen LogP contribution in [0, 0.1) is 25.2 Å². The number of nitrogens with one attached hydrogen (secondary N) is 1. The second kappa shape index (κ2) is 6.29. The summed E-state index contributed by atoms with van der Waals surface area (Å²) in [5, 5.41) is 16.3. The van der Waals surface area contributed by atoms with Gasteiger partial charge in [0.05, 0.1) is 11.8 Å². The summed E-state index contributed by atoms with van der Waals surface area (Å²) in [5.74, 6) is 0. The fourth-order valence-electron chi connectivity index (χ4n) is 1.77. The molecule has 4 nitrogen and oxygen atoms in total. The summed E-state index contributed by atoms with van der Waals surface area (Å²) in [7, 11) is 0. The van der Waals surface area contributed by atoms with Crippen LogP contribution in [-0.4, -0.2) is 16.3 Å². The van der Waals surface area contributed by atoms with Crippen molar-refractivity contribution in [3.63, 3.8) is 0 Å². The van der Waals surface area contributed by atoms with E-state index < -0.39 is 0 Å². The van der Waals surface area contributed by atoms with Crippen LogP contribution in [0.4, 0.5) is 0 Å². The average molecular weight is 220 g/mol. The zero-order chi connectivity index (χ0) is 12.0. The lowest BCUT2D eigenvalue weighted by Crippen LogP contribution is -2.13. The van der Waals surface area contributed by atoms with Gasteiger partial charge in [-0.3, -0.25) is 4.68 Å². The Labute approximate surface area is 97.3 Å². The molecule has 0 aliphatic carbocycles. The number of hydrogen-bond acceptors (Lipinski definition) is 3. The Morgan fingerprint density at radius 3 is 2.81 bits per heavy atom. The van der Waals surface area contributed by atoms with Crippen molar-refractivity contribution in [2.75, 3.05) is 6.54 Å². The summed E-state index contributed by atoms with van der Waals surface area (Å²) >= 11 is 0. The number of aryl methyl sites for hydroxylation is 2. The van der Waals surface area contributed by atoms with E-state index >= 15 is 0 Å². The molecule has 0 spiro atoms. The van der Waals surface area contributed by atoms with Crippen molar-refractivity contribution >= 4 is 0 Å². The van der Waals surface area contributed by atoms with E-state index in [2.05, 4.69) is 30.3 Å². The lowest BCUT2D eigenvalue weighted by atomic mass is 10.2. The summed E-state index contributed by atoms with van der Waals surface area (Å²) in [6.07, 6.45) is 1.47. The first-order chi connectivity index (χ1) is 7.70. The minimum atomic E-state index is 0.598. The van der Waals surface area contributed by atoms with Crippen molar-refractivity contribution in [2.24, 2.45) is 0 Å². The first-order valence-electron chi connectivity index (χ1n) is 5.81. The van der Waals surface area contributed by atoms with E-state index in [1.54, 1.807) is 0 Å². The van der Waals surface area contributed by atoms with Crippen LogP contribution in [0.3, 0.4) is 0 Å². The van der Waals surface area contributed by atoms with Gasteiger partial charge in [0.15, 0.2) is 0 Å². The number of aromatic nitrogens is 2. The first kappa shape index (κ1) is 12.7. The van der Waals surface area contributed by atoms with E-state index in [-0.39, 0.29) is 0 Å². The van der Waals surface area contributed by atoms with E-state index in [1.807, 2.05) is 11.6 Å². The van der Waals surface area contributed by atoms with Gasteiger partial charge in [0.25, 0.3) is 0 Å². The molecule has 1 heterocycles. The molecule has 0 saturated carbocycles. The van der Waals surface area contributed by atoms with Crippen molar-refractivity contribution in [2.45, 2.75) is 46.7 Å². The second-order valence-corrected chi connectivity index (χ2v) is 3.91. The van der Waals surface area contributed by atoms with Gasteiger partial charge >= 0.3 is 0 Å². The van der Waals surface area contributed by atoms with Gasteiger partial charge in [0.2, 0.25) is 0 Å². The van der Waals surface area contributed by atoms with Crippen LogP contribution in [-0.2, 0) is 13.1 Å². The Balaban J connectivity index is 2.69. The van der Waals surface area contributed by atoms with Crippen molar-refractivity contribution < 1.29 is 0 Å². The van der Waals surface area contributed by atoms with Gasteiger partial charge in [-0.2, -0.15) is 10.4 Å². The zero-order valence-corrected chi connectivity index (χ0v) is 10.4. The molecule has 16 heavy (non-hydrogen) atoms. The monoisotopic (exact) mass is 220 g/mol. The summed E-state index contributed by atoms with van der Waals surface area (Å²) in [6, 6.07) is 2.16. The van der Waals surface area contributed by atoms with Gasteiger partial charge in [-0.1, -0.05) is 6.92 Å². The largest absolute Gasteiger partial charge is 0.313 e. The third-order valence-electron chi connectivity index (χ3n) is 2.74. The molecule has 0 unspecified atom stereocenters. The van der Waals surface area contributed by atoms with Crippen molar-refractivity contribution in [1.29, 1.82) is 5.26 Å². The van der Waals surface area contributed by atoms with E-state index in [9.17, 15) is 0 Å². The maximum Gasteiger partial charge on any atom is 0.0641 e. The summed E-state index contributed by atoms with van der Waals surface area (Å²) in [6.45, 7) is 8.93. The predicted octanol–water partition coefficient (Wildman–Crippen LogP) is 1.91. The minimum Gasteiger partial charge on any atom is -0.313 e. The van der Waals surface area contributed by atoms with Crippen LogP contribution in [0.1, 0.15) is 36.7 Å². The summed E-state index contributed by atoms with van der Waals surface area (Å²) in [4.78, 5) is 0. The van der Waals surface area contributed by atoms with Crippen molar-refractivity contribution in [3.8, 4) is 6.07 Å². The molecule has 0 bridgehead atoms. The molecule has 1 N–H and O–H groups in total. The molecule has 1 aromatic rings. The highest BCUT2D eigenvalue weighted by atomic mass is 15.3. The molecule has 0 atom stereocenters. The zero-order valence-electron chi connectivity index (χ0n) is 10.4. The molecule has 4 heteroatoms. The number of nitrogens with zero attached hydrogens (tertiary/aromatic N) is 3. The molecule has 0 amide bonds. The normalized spacial score (nSPS) is 10.4. The Kier molecular flexibility index (Phi) is 5.00. The average Bonchev–Trinajstić information content (AvgIpc) is 2.53. The second-order valence-electron chi connectivity index (χ2n) is 3.91. The third-order valence-corrected chi connectivity index (χ3v) is 2.74. The Bertz CT molecular complexity index is 373. The molecule has 0 saturated heterocycles. The third kappa shape index (κ3) is 3.07. The van der Waals surface area contributed by atoms with Crippen LogP contribution in [0.5, 0.6) is 0 Å². The topological polar surface area (TPSA) is 53.6 Å². The van der Waals surface area contributed by atoms with Gasteiger partial charge in [-0.25, -0.2) is 0 Å². The van der Waals surface area contributed by atoms with Crippen LogP contribution < -0.4 is 5.32 Å². The fraction of sp³-hybridized carbons (Fsp3) is 0.667. The molecule has 1 aromatic heterocycles. The van der Waals surface area contributed by atoms with Gasteiger partial charge in [0, 0.05) is 30.8 Å². The van der Waals surface area contributed by atoms with Crippen molar-refractivity contribution in [1.82, 2.24) is 15.1 Å². The highest BCUT2D eigenvalue weighted by Crippen LogP contribution is 2.13. The van der Waals surface area contributed by atoms with Crippen molar-refractivity contribution in [3.05, 3.63) is 17.0 Å². The number of hydrogen-bond donors (Lipinski definition) is 1. The van der Waals surface area contributed by atoms with E-state index in [0.717, 1.165) is 31.7 Å². The Hall–Kier alpha value is -1.34. The molecule has 0 fully saturated rings. The molecule has 0 aliphatic heterocycles. The van der Waals surface area contributed by atoms with Crippen LogP contribution in [0.15, 0.2) is 0 Å². The summed E-state index contributed by atoms with van der Waals surface area (Å²) in [5.41, 5.74) is 3.60. The molecule has 0 radical (unpaired) electrons. The minimum absolute atomic E-state index is 0.598. The molecule has 0 aromatic carbocycles. The van der Waals surface area contributed by atoms with Gasteiger partial charge in [0.1, 0.15) is 0 Å². The van der Waals surface area contributed by atoms with Crippen LogP contribution in [0.25, 0.3) is 0 Å². The SMILES string of the molecule is CCNCc1c(C)nn(CCCC#N)c1C. The highest BCUT2D eigenvalue weighted by molar-refractivity contribution is 5.24. The van der Waals surface area contributed by atoms with E-state index in [1.165, 1.54) is 11.3 Å². The molecule has 0 aliphatic rings. The fourth-order valence-corrected chi connectivity index (χ4v) is 1.77. The molecular formula is C12H20N4. The lowest BCUT2D eigenvalue weighted by molar-refractivity contribution is 0.567. The smallest absolute Gasteiger partial charge is 0.0641 e. The van der Waals surface area contributed by atoms with Gasteiger partial charge in [-0.15, -0.1) is 0 Å². The Morgan fingerprint density at radius 2 is 2.19 bits per heavy atom. The molecule has 1 rings (SSSR count). The standard InChI is InChI=1S/C12H20N4/c1-4-14-9-12-10(2)15-16(11(12)3)8-6-5-7-13/h14H,4-6,8-9H2,1-3H3. The predicted molar refractivity (Wildman–Crippen MR) is 63.9 cm³/mol. The summed E-state index contributed by atoms with van der Waals surface area (Å²) < 4.78 is 2.01. The Morgan fingerprint density at radius 1 is 1.44 bits per heavy atom. The molecule has 88 valence electrons. The molecular weight excluding hydrogens is 200 g/mol. The van der Waals surface area contributed by atoms with E-state index in [0.29, 0.717) is 6.42 Å². The maximum absolute atomic E-state index is 8.50. The van der Waals surface area contributed by atoms with Crippen LogP contribution in [0.2, 0.25) is 0 Å². The quantitative estimate of drug-likeness (QED) is 0.745. The highest BCUT2D eigenvalue weighted by Gasteiger charge is 2.10. The number of unbranched alkanes of at least 4 members (excludes halogenated alkanes) is 1. The first-order valence-corrected chi connectivity index (χ1v) is 5.81. The van der Waals surface area contributed by atoms with Gasteiger partial charge < -0.3 is 5.32 Å². The lowest BCUT2D eigenvalue weighted by Gasteiger charge is -2.04. The van der Waals surface area contributed by atoms with Crippen LogP contribution >= 0.6 is 0 Å². The maximum atomic E-state index is 8.50. The van der Waals surface area contributed by atoms with Gasteiger partial charge in [-0.05, 0) is 26.8 Å². The number of rotatable bonds is 6. The number of nitriles is 1. The van der Waals surface area contributed by atoms with E-state index in [4.69, 9.17) is 5.26 Å².